The molecule has 0 aliphatic heterocycles. The van der Waals surface area contributed by atoms with Crippen molar-refractivity contribution in [3.05, 3.63) is 46.3 Å². The number of hydrogen-bond donors (Lipinski definition) is 1. The predicted molar refractivity (Wildman–Crippen MR) is 144 cm³/mol. The molecule has 4 nitrogen and oxygen atoms in total. The maximum Gasteiger partial charge on any atom is 0.223 e. The van der Waals surface area contributed by atoms with E-state index in [-0.39, 0.29) is 46.2 Å². The van der Waals surface area contributed by atoms with Gasteiger partial charge in [-0.25, -0.2) is 4.39 Å². The van der Waals surface area contributed by atoms with E-state index in [0.29, 0.717) is 5.92 Å². The molecule has 1 amide bonds. The van der Waals surface area contributed by atoms with E-state index in [9.17, 15) is 14.0 Å². The van der Waals surface area contributed by atoms with Crippen LogP contribution in [-0.4, -0.2) is 25.0 Å². The minimum Gasteiger partial charge on any atom is -0.486 e. The highest BCUT2D eigenvalue weighted by Gasteiger charge is 2.59. The largest absolute Gasteiger partial charge is 0.486 e. The summed E-state index contributed by atoms with van der Waals surface area (Å²) in [7, 11) is 0. The van der Waals surface area contributed by atoms with Crippen LogP contribution in [0, 0.1) is 33.5 Å². The molecule has 1 fully saturated rings. The van der Waals surface area contributed by atoms with Gasteiger partial charge >= 0.3 is 0 Å². The van der Waals surface area contributed by atoms with Crippen LogP contribution in [0.1, 0.15) is 88.0 Å². The lowest BCUT2D eigenvalue weighted by molar-refractivity contribution is -0.135. The van der Waals surface area contributed by atoms with E-state index >= 15 is 0 Å². The van der Waals surface area contributed by atoms with Gasteiger partial charge in [-0.05, 0) is 72.0 Å². The summed E-state index contributed by atoms with van der Waals surface area (Å²) >= 11 is 0. The number of alkyl halides is 1. The zero-order valence-electron chi connectivity index (χ0n) is 23.8. The van der Waals surface area contributed by atoms with Gasteiger partial charge in [0.15, 0.2) is 5.76 Å². The first kappa shape index (κ1) is 28.4. The number of ketones is 1. The second-order valence-electron chi connectivity index (χ2n) is 13.0. The lowest BCUT2D eigenvalue weighted by Gasteiger charge is -2.63. The van der Waals surface area contributed by atoms with Crippen molar-refractivity contribution >= 4 is 11.7 Å². The van der Waals surface area contributed by atoms with E-state index in [2.05, 4.69) is 53.7 Å². The molecule has 3 aliphatic carbocycles. The van der Waals surface area contributed by atoms with Crippen LogP contribution < -0.4 is 5.73 Å². The molecule has 0 unspecified atom stereocenters. The third-order valence-corrected chi connectivity index (χ3v) is 10.2. The molecule has 1 saturated carbocycles. The third-order valence-electron chi connectivity index (χ3n) is 10.2. The van der Waals surface area contributed by atoms with Crippen molar-refractivity contribution in [1.82, 2.24) is 0 Å². The summed E-state index contributed by atoms with van der Waals surface area (Å²) in [5.41, 5.74) is 9.26. The van der Waals surface area contributed by atoms with Crippen LogP contribution in [0.15, 0.2) is 46.3 Å². The predicted octanol–water partition coefficient (Wildman–Crippen LogP) is 7.02. The fourth-order valence-electron chi connectivity index (χ4n) is 7.36. The van der Waals surface area contributed by atoms with Gasteiger partial charge in [-0.2, -0.15) is 0 Å². The van der Waals surface area contributed by atoms with E-state index in [4.69, 9.17) is 10.5 Å². The highest BCUT2D eigenvalue weighted by Crippen LogP contribution is 2.67. The Kier molecular flexibility index (Phi) is 7.58. The zero-order chi connectivity index (χ0) is 27.3. The smallest absolute Gasteiger partial charge is 0.223 e. The Bertz CT molecular complexity index is 1060. The Balaban J connectivity index is 2.12. The Labute approximate surface area is 217 Å². The summed E-state index contributed by atoms with van der Waals surface area (Å²) in [6.07, 6.45) is 9.88. The molecule has 4 atom stereocenters. The van der Waals surface area contributed by atoms with E-state index in [0.717, 1.165) is 42.4 Å². The Hall–Kier alpha value is -2.17. The number of carbonyl (C=O) groups is 2. The maximum atomic E-state index is 12.9. The molecule has 0 saturated heterocycles. The fourth-order valence-corrected chi connectivity index (χ4v) is 7.36. The molecule has 0 aromatic carbocycles. The highest BCUT2D eigenvalue weighted by molar-refractivity contribution is 6.06. The van der Waals surface area contributed by atoms with Gasteiger partial charge in [0.2, 0.25) is 11.7 Å². The van der Waals surface area contributed by atoms with Crippen molar-refractivity contribution in [2.24, 2.45) is 39.2 Å². The number of ether oxygens (including phenoxy) is 1. The van der Waals surface area contributed by atoms with E-state index in [1.165, 1.54) is 5.57 Å². The summed E-state index contributed by atoms with van der Waals surface area (Å²) in [4.78, 5) is 25.3. The summed E-state index contributed by atoms with van der Waals surface area (Å²) in [6, 6.07) is 0. The van der Waals surface area contributed by atoms with Gasteiger partial charge in [0.05, 0.1) is 0 Å². The van der Waals surface area contributed by atoms with E-state index < -0.39 is 12.1 Å². The summed E-state index contributed by atoms with van der Waals surface area (Å²) in [6.45, 7) is 19.0. The van der Waals surface area contributed by atoms with Crippen LogP contribution >= 0.6 is 0 Å². The van der Waals surface area contributed by atoms with E-state index in [1.807, 2.05) is 20.8 Å². The monoisotopic (exact) mass is 499 g/mol. The lowest BCUT2D eigenvalue weighted by atomic mass is 9.41. The number of carbonyl (C=O) groups excluding carboxylic acids is 2. The number of primary amides is 1. The molecule has 200 valence electrons. The molecule has 5 heteroatoms. The van der Waals surface area contributed by atoms with Crippen molar-refractivity contribution < 1.29 is 18.7 Å². The number of halogens is 1. The van der Waals surface area contributed by atoms with Gasteiger partial charge in [-0.1, -0.05) is 73.1 Å². The number of rotatable bonds is 8. The average molecular weight is 500 g/mol. The normalized spacial score (nSPS) is 32.4. The number of amides is 1. The Morgan fingerprint density at radius 3 is 2.39 bits per heavy atom. The Morgan fingerprint density at radius 2 is 1.83 bits per heavy atom. The van der Waals surface area contributed by atoms with Crippen LogP contribution in [0.25, 0.3) is 0 Å². The quantitative estimate of drug-likeness (QED) is 0.390. The highest BCUT2D eigenvalue weighted by atomic mass is 19.1. The molecule has 0 aromatic rings. The molecule has 0 bridgehead atoms. The van der Waals surface area contributed by atoms with Gasteiger partial charge in [0.1, 0.15) is 13.3 Å². The van der Waals surface area contributed by atoms with Crippen LogP contribution in [0.4, 0.5) is 4.39 Å². The first-order chi connectivity index (χ1) is 16.6. The molecule has 0 aromatic heterocycles. The molecular formula is C31H46FNO3. The summed E-state index contributed by atoms with van der Waals surface area (Å²) in [5.74, 6) is 0.174. The zero-order valence-corrected chi connectivity index (χ0v) is 23.8. The third kappa shape index (κ3) is 4.41. The molecule has 0 heterocycles. The minimum absolute atomic E-state index is 0.0634. The molecule has 3 aliphatic rings. The van der Waals surface area contributed by atoms with Gasteiger partial charge in [0, 0.05) is 16.9 Å². The summed E-state index contributed by atoms with van der Waals surface area (Å²) in [5, 5.41) is 0. The van der Waals surface area contributed by atoms with Gasteiger partial charge < -0.3 is 10.5 Å². The van der Waals surface area contributed by atoms with Crippen molar-refractivity contribution in [2.45, 2.75) is 88.0 Å². The number of allylic oxidation sites excluding steroid dienone is 7. The maximum absolute atomic E-state index is 12.9. The molecular weight excluding hydrogens is 453 g/mol. The Morgan fingerprint density at radius 1 is 1.19 bits per heavy atom. The van der Waals surface area contributed by atoms with Gasteiger partial charge in [-0.15, -0.1) is 0 Å². The molecule has 0 spiro atoms. The topological polar surface area (TPSA) is 69.4 Å². The lowest BCUT2D eigenvalue weighted by Crippen LogP contribution is -2.56. The first-order valence-corrected chi connectivity index (χ1v) is 13.5. The summed E-state index contributed by atoms with van der Waals surface area (Å²) < 4.78 is 18.2. The SMILES string of the molecule is CC[C@@]1(C)[C@H](CC(C)(C)C(N)=O)C(C)(C)CC[C@]1(C)C1=CC=C2C(=CC(=O)C(OCCF)=C2C)[C@H]1C. The molecule has 3 rings (SSSR count). The van der Waals surface area contributed by atoms with Crippen LogP contribution in [-0.2, 0) is 14.3 Å². The van der Waals surface area contributed by atoms with Crippen molar-refractivity contribution in [3.8, 4) is 0 Å². The molecule has 0 radical (unpaired) electrons. The number of hydrogen-bond acceptors (Lipinski definition) is 3. The molecule has 36 heavy (non-hydrogen) atoms. The van der Waals surface area contributed by atoms with Gasteiger partial charge in [0.25, 0.3) is 0 Å². The van der Waals surface area contributed by atoms with Crippen molar-refractivity contribution in [1.29, 1.82) is 0 Å². The minimum atomic E-state index is -0.627. The fraction of sp³-hybridized carbons (Fsp3) is 0.677. The number of nitrogens with two attached hydrogens (primary N) is 1. The second-order valence-corrected chi connectivity index (χ2v) is 13.0. The van der Waals surface area contributed by atoms with Crippen LogP contribution in [0.5, 0.6) is 0 Å². The van der Waals surface area contributed by atoms with Crippen molar-refractivity contribution in [2.75, 3.05) is 13.3 Å². The second kappa shape index (κ2) is 9.61. The van der Waals surface area contributed by atoms with Gasteiger partial charge in [-0.3, -0.25) is 9.59 Å². The number of fused-ring (bicyclic) bond motifs is 1. The average Bonchev–Trinajstić information content (AvgIpc) is 2.80. The van der Waals surface area contributed by atoms with Crippen LogP contribution in [0.2, 0.25) is 0 Å². The molecule has 2 N–H and O–H groups in total. The van der Waals surface area contributed by atoms with Crippen molar-refractivity contribution in [3.63, 3.8) is 0 Å². The van der Waals surface area contributed by atoms with E-state index in [1.54, 1.807) is 6.08 Å². The first-order valence-electron chi connectivity index (χ1n) is 13.5. The van der Waals surface area contributed by atoms with Crippen LogP contribution in [0.3, 0.4) is 0 Å². The standard InChI is InChI=1S/C31H46FNO3/c1-10-30(8)25(18-29(6,7)27(33)35)28(4,5)13-14-31(30,9)23-12-11-21-20(3)26(36-16-15-32)24(34)17-22(21)19(23)2/h11-12,17,19,25H,10,13-16,18H2,1-9H3,(H2,33,35)/t19-,25-,30+,31-/m1/s1.